The molecule has 1 aromatic rings. The summed E-state index contributed by atoms with van der Waals surface area (Å²) >= 11 is 0. The van der Waals surface area contributed by atoms with Crippen LogP contribution < -0.4 is 20.4 Å². The molecule has 0 spiro atoms. The second kappa shape index (κ2) is 11.8. The molecule has 0 radical (unpaired) electrons. The van der Waals surface area contributed by atoms with E-state index in [2.05, 4.69) is 24.5 Å². The van der Waals surface area contributed by atoms with Crippen molar-refractivity contribution in [2.45, 2.75) is 45.6 Å². The molecule has 156 valence electrons. The number of halogens is 1. The number of hydrogen-bond acceptors (Lipinski definition) is 2. The molecule has 4 N–H and O–H groups in total. The molecule has 0 bridgehead atoms. The number of nitrogens with one attached hydrogen (secondary N) is 4. The molecule has 1 aliphatic heterocycles. The molecule has 2 amide bonds. The van der Waals surface area contributed by atoms with Gasteiger partial charge in [0.15, 0.2) is 13.1 Å². The number of benzene rings is 1. The van der Waals surface area contributed by atoms with Gasteiger partial charge in [-0.3, -0.25) is 9.59 Å². The Kier molecular flexibility index (Phi) is 9.37. The largest absolute Gasteiger partial charge is 0.349 e. The molecule has 0 unspecified atom stereocenters. The summed E-state index contributed by atoms with van der Waals surface area (Å²) in [7, 11) is 0. The van der Waals surface area contributed by atoms with Crippen LogP contribution in [0.25, 0.3) is 0 Å². The predicted molar refractivity (Wildman–Crippen MR) is 108 cm³/mol. The van der Waals surface area contributed by atoms with E-state index in [1.807, 2.05) is 0 Å². The van der Waals surface area contributed by atoms with Crippen LogP contribution in [0.5, 0.6) is 0 Å². The molecule has 7 heteroatoms. The van der Waals surface area contributed by atoms with Crippen LogP contribution in [0.1, 0.15) is 39.5 Å². The van der Waals surface area contributed by atoms with Crippen LogP contribution in [-0.2, 0) is 9.59 Å². The van der Waals surface area contributed by atoms with Crippen molar-refractivity contribution in [1.29, 1.82) is 0 Å². The van der Waals surface area contributed by atoms with Crippen molar-refractivity contribution in [3.63, 3.8) is 0 Å². The second-order valence-electron chi connectivity index (χ2n) is 7.88. The number of quaternary nitrogens is 2. The van der Waals surface area contributed by atoms with Gasteiger partial charge in [-0.05, 0) is 31.5 Å². The van der Waals surface area contributed by atoms with Crippen LogP contribution in [0.2, 0.25) is 0 Å². The van der Waals surface area contributed by atoms with E-state index in [4.69, 9.17) is 0 Å². The zero-order valence-corrected chi connectivity index (χ0v) is 17.2. The van der Waals surface area contributed by atoms with Gasteiger partial charge in [0.25, 0.3) is 11.8 Å². The molecular formula is C21H35FN4O2+2. The standard InChI is InChI=1S/C21H33FN4O2/c1-3-4-5-7-17(2)23-20(27)15-25-10-12-26(13-11-25)16-21(28)24-19-9-6-8-18(22)14-19/h6,8-9,14,17H,3-5,7,10-13,15-16H2,1-2H3,(H,23,27)(H,24,28)/p+2/t17-/m0/s1. The maximum absolute atomic E-state index is 13.2. The van der Waals surface area contributed by atoms with Crippen LogP contribution in [0.15, 0.2) is 24.3 Å². The first-order valence-electron chi connectivity index (χ1n) is 10.5. The number of piperazine rings is 1. The first kappa shape index (κ1) is 22.3. The lowest BCUT2D eigenvalue weighted by atomic mass is 10.1. The van der Waals surface area contributed by atoms with Gasteiger partial charge in [0.1, 0.15) is 32.0 Å². The van der Waals surface area contributed by atoms with Gasteiger partial charge in [-0.25, -0.2) is 4.39 Å². The molecule has 0 saturated carbocycles. The van der Waals surface area contributed by atoms with Crippen molar-refractivity contribution in [3.05, 3.63) is 30.1 Å². The Balaban J connectivity index is 1.64. The van der Waals surface area contributed by atoms with Crippen LogP contribution in [0.4, 0.5) is 10.1 Å². The fraction of sp³-hybridized carbons (Fsp3) is 0.619. The second-order valence-corrected chi connectivity index (χ2v) is 7.88. The molecule has 2 rings (SSSR count). The highest BCUT2D eigenvalue weighted by Gasteiger charge is 2.26. The molecule has 0 aromatic heterocycles. The lowest BCUT2D eigenvalue weighted by Gasteiger charge is -2.29. The van der Waals surface area contributed by atoms with Gasteiger partial charge in [-0.1, -0.05) is 32.3 Å². The predicted octanol–water partition coefficient (Wildman–Crippen LogP) is -0.367. The lowest BCUT2D eigenvalue weighted by Crippen LogP contribution is -3.28. The minimum absolute atomic E-state index is 0.109. The van der Waals surface area contributed by atoms with Gasteiger partial charge in [0, 0.05) is 11.7 Å². The Morgan fingerprint density at radius 1 is 1.07 bits per heavy atom. The molecule has 1 heterocycles. The highest BCUT2D eigenvalue weighted by atomic mass is 19.1. The van der Waals surface area contributed by atoms with Gasteiger partial charge in [0.05, 0.1) is 0 Å². The van der Waals surface area contributed by atoms with Crippen LogP contribution in [-0.4, -0.2) is 57.1 Å². The van der Waals surface area contributed by atoms with E-state index in [-0.39, 0.29) is 23.7 Å². The SMILES string of the molecule is CCCCC[C@H](C)NC(=O)C[NH+]1CC[NH+](CC(=O)Nc2cccc(F)c2)CC1. The van der Waals surface area contributed by atoms with E-state index in [0.717, 1.165) is 39.0 Å². The van der Waals surface area contributed by atoms with Crippen molar-refractivity contribution in [3.8, 4) is 0 Å². The minimum Gasteiger partial charge on any atom is -0.349 e. The fourth-order valence-electron chi connectivity index (χ4n) is 3.63. The first-order chi connectivity index (χ1) is 13.5. The zero-order valence-electron chi connectivity index (χ0n) is 17.2. The highest BCUT2D eigenvalue weighted by molar-refractivity contribution is 5.91. The fourth-order valence-corrected chi connectivity index (χ4v) is 3.63. The molecular weight excluding hydrogens is 359 g/mol. The quantitative estimate of drug-likeness (QED) is 0.409. The summed E-state index contributed by atoms with van der Waals surface area (Å²) < 4.78 is 13.2. The summed E-state index contributed by atoms with van der Waals surface area (Å²) in [5, 5.41) is 5.85. The Bertz CT molecular complexity index is 633. The normalized spacial score (nSPS) is 20.4. The van der Waals surface area contributed by atoms with Crippen LogP contribution in [0.3, 0.4) is 0 Å². The third kappa shape index (κ3) is 8.35. The number of hydrogen-bond donors (Lipinski definition) is 4. The summed E-state index contributed by atoms with van der Waals surface area (Å²) in [6, 6.07) is 6.16. The van der Waals surface area contributed by atoms with Gasteiger partial charge in [-0.15, -0.1) is 0 Å². The number of unbranched alkanes of at least 4 members (excludes halogenated alkanes) is 2. The Morgan fingerprint density at radius 2 is 1.71 bits per heavy atom. The zero-order chi connectivity index (χ0) is 20.4. The van der Waals surface area contributed by atoms with E-state index in [1.165, 1.54) is 34.8 Å². The monoisotopic (exact) mass is 394 g/mol. The summed E-state index contributed by atoms with van der Waals surface area (Å²) in [5.74, 6) is -0.352. The van der Waals surface area contributed by atoms with Crippen molar-refractivity contribution < 1.29 is 23.8 Å². The van der Waals surface area contributed by atoms with Gasteiger partial charge >= 0.3 is 0 Å². The summed E-state index contributed by atoms with van der Waals surface area (Å²) in [4.78, 5) is 26.8. The number of amides is 2. The van der Waals surface area contributed by atoms with Crippen molar-refractivity contribution in [2.75, 3.05) is 44.6 Å². The minimum atomic E-state index is -0.361. The number of anilines is 1. The third-order valence-electron chi connectivity index (χ3n) is 5.24. The highest BCUT2D eigenvalue weighted by Crippen LogP contribution is 2.08. The van der Waals surface area contributed by atoms with Crippen LogP contribution >= 0.6 is 0 Å². The molecule has 28 heavy (non-hydrogen) atoms. The molecule has 1 aliphatic rings. The Hall–Kier alpha value is -1.99. The Labute approximate surface area is 167 Å². The maximum atomic E-state index is 13.2. The van der Waals surface area contributed by atoms with Crippen LogP contribution in [0, 0.1) is 5.82 Å². The topological polar surface area (TPSA) is 67.1 Å². The molecule has 0 aliphatic carbocycles. The van der Waals surface area contributed by atoms with E-state index >= 15 is 0 Å². The average Bonchev–Trinajstić information content (AvgIpc) is 2.63. The molecule has 1 fully saturated rings. The summed E-state index contributed by atoms with van der Waals surface area (Å²) in [5.41, 5.74) is 0.485. The number of carbonyl (C=O) groups excluding carboxylic acids is 2. The number of rotatable bonds is 10. The van der Waals surface area contributed by atoms with E-state index in [0.29, 0.717) is 18.8 Å². The number of carbonyl (C=O) groups is 2. The Morgan fingerprint density at radius 3 is 2.32 bits per heavy atom. The molecule has 6 nitrogen and oxygen atoms in total. The average molecular weight is 395 g/mol. The molecule has 1 saturated heterocycles. The van der Waals surface area contributed by atoms with Crippen molar-refractivity contribution in [1.82, 2.24) is 5.32 Å². The third-order valence-corrected chi connectivity index (χ3v) is 5.24. The molecule has 1 aromatic carbocycles. The maximum Gasteiger partial charge on any atom is 0.279 e. The molecule has 1 atom stereocenters. The smallest absolute Gasteiger partial charge is 0.279 e. The van der Waals surface area contributed by atoms with Crippen molar-refractivity contribution in [2.24, 2.45) is 0 Å². The summed E-state index contributed by atoms with van der Waals surface area (Å²) in [6.45, 7) is 8.57. The summed E-state index contributed by atoms with van der Waals surface area (Å²) in [6.07, 6.45) is 4.60. The van der Waals surface area contributed by atoms with Gasteiger partial charge in [0.2, 0.25) is 0 Å². The van der Waals surface area contributed by atoms with E-state index in [1.54, 1.807) is 12.1 Å². The van der Waals surface area contributed by atoms with E-state index < -0.39 is 0 Å². The first-order valence-corrected chi connectivity index (χ1v) is 10.5. The van der Waals surface area contributed by atoms with Gasteiger partial charge in [-0.2, -0.15) is 0 Å². The lowest BCUT2D eigenvalue weighted by molar-refractivity contribution is -1.00. The van der Waals surface area contributed by atoms with E-state index in [9.17, 15) is 14.0 Å². The van der Waals surface area contributed by atoms with Gasteiger partial charge < -0.3 is 20.4 Å². The van der Waals surface area contributed by atoms with Crippen molar-refractivity contribution >= 4 is 17.5 Å².